The Bertz CT molecular complexity index is 99.6. The van der Waals surface area contributed by atoms with E-state index in [1.807, 2.05) is 0 Å². The van der Waals surface area contributed by atoms with Crippen LogP contribution in [0.2, 0.25) is 0 Å². The summed E-state index contributed by atoms with van der Waals surface area (Å²) < 4.78 is 0. The summed E-state index contributed by atoms with van der Waals surface area (Å²) in [6, 6.07) is -0.742. The van der Waals surface area contributed by atoms with Gasteiger partial charge in [-0.1, -0.05) is 0 Å². The fourth-order valence-corrected chi connectivity index (χ4v) is 0.461. The smallest absolute Gasteiger partial charge is 0.320 e. The van der Waals surface area contributed by atoms with Crippen molar-refractivity contribution in [3.63, 3.8) is 0 Å². The van der Waals surface area contributed by atoms with Gasteiger partial charge in [-0.3, -0.25) is 4.79 Å². The first-order chi connectivity index (χ1) is 4.18. The van der Waals surface area contributed by atoms with Crippen LogP contribution in [0.15, 0.2) is 0 Å². The fraction of sp³-hybridized carbons (Fsp3) is 0.800. The molecule has 0 fully saturated rings. The van der Waals surface area contributed by atoms with E-state index in [1.54, 1.807) is 0 Å². The third-order valence-electron chi connectivity index (χ3n) is 1.04. The molecule has 0 spiro atoms. The normalized spacial score (nSPS) is 11.8. The molecule has 0 saturated carbocycles. The molecule has 1 atom stereocenters. The van der Waals surface area contributed by atoms with Gasteiger partial charge in [-0.05, 0) is 19.4 Å². The van der Waals surface area contributed by atoms with Gasteiger partial charge in [0.2, 0.25) is 0 Å². The second-order valence-electron chi connectivity index (χ2n) is 1.88. The van der Waals surface area contributed by atoms with Crippen molar-refractivity contribution < 1.29 is 9.90 Å². The number of carboxylic acids is 1. The van der Waals surface area contributed by atoms with Gasteiger partial charge in [0.15, 0.2) is 0 Å². The first-order valence-electron chi connectivity index (χ1n) is 2.87. The molecule has 10 heavy (non-hydrogen) atoms. The van der Waals surface area contributed by atoms with Crippen LogP contribution >= 0.6 is 0 Å². The minimum absolute atomic E-state index is 0. The Morgan fingerprint density at radius 1 is 1.60 bits per heavy atom. The van der Waals surface area contributed by atoms with Crippen LogP contribution in [0.25, 0.3) is 0 Å². The maximum absolute atomic E-state index is 10.0. The van der Waals surface area contributed by atoms with E-state index >= 15 is 0 Å². The number of carboxylic acid groups (broad SMARTS) is 1. The summed E-state index contributed by atoms with van der Waals surface area (Å²) in [6.07, 6.45) is 1.14. The molecule has 5 heteroatoms. The van der Waals surface area contributed by atoms with E-state index in [0.717, 1.165) is 0 Å². The third-order valence-corrected chi connectivity index (χ3v) is 1.04. The largest absolute Gasteiger partial charge is 0.480 e. The summed E-state index contributed by atoms with van der Waals surface area (Å²) in [6.45, 7) is 0.501. The summed E-state index contributed by atoms with van der Waals surface area (Å²) >= 11 is 0. The predicted molar refractivity (Wildman–Crippen MR) is 39.7 cm³/mol. The van der Waals surface area contributed by atoms with E-state index in [9.17, 15) is 4.79 Å². The number of hydrogen-bond acceptors (Lipinski definition) is 3. The molecule has 0 aromatic carbocycles. The second kappa shape index (κ2) is 8.13. The molecular formula is C5H12KN2O2. The van der Waals surface area contributed by atoms with Crippen molar-refractivity contribution in [2.24, 2.45) is 11.5 Å². The van der Waals surface area contributed by atoms with Gasteiger partial charge in [0.25, 0.3) is 0 Å². The third kappa shape index (κ3) is 7.14. The molecule has 0 bridgehead atoms. The van der Waals surface area contributed by atoms with Crippen molar-refractivity contribution >= 4 is 57.4 Å². The van der Waals surface area contributed by atoms with Crippen LogP contribution in [0.5, 0.6) is 0 Å². The molecule has 0 aromatic rings. The Labute approximate surface area is 103 Å². The Morgan fingerprint density at radius 2 is 2.10 bits per heavy atom. The van der Waals surface area contributed by atoms with Crippen LogP contribution in [0.3, 0.4) is 0 Å². The Morgan fingerprint density at radius 3 is 2.40 bits per heavy atom. The molecule has 0 aliphatic carbocycles. The van der Waals surface area contributed by atoms with E-state index in [-0.39, 0.29) is 51.4 Å². The number of hydrogen-bond donors (Lipinski definition) is 3. The molecule has 0 aliphatic rings. The van der Waals surface area contributed by atoms with Gasteiger partial charge in [0.05, 0.1) is 0 Å². The molecular weight excluding hydrogens is 159 g/mol. The van der Waals surface area contributed by atoms with Crippen molar-refractivity contribution in [2.45, 2.75) is 18.9 Å². The maximum Gasteiger partial charge on any atom is 0.320 e. The minimum Gasteiger partial charge on any atom is -0.480 e. The molecule has 0 saturated heterocycles. The number of aliphatic carboxylic acids is 1. The zero-order chi connectivity index (χ0) is 7.28. The maximum atomic E-state index is 10.0. The fourth-order valence-electron chi connectivity index (χ4n) is 0.461. The average molecular weight is 171 g/mol. The van der Waals surface area contributed by atoms with E-state index in [1.165, 1.54) is 0 Å². The van der Waals surface area contributed by atoms with Crippen molar-refractivity contribution in [1.29, 1.82) is 0 Å². The summed E-state index contributed by atoms with van der Waals surface area (Å²) in [7, 11) is 0. The summed E-state index contributed by atoms with van der Waals surface area (Å²) in [5, 5.41) is 8.24. The van der Waals surface area contributed by atoms with E-state index in [0.29, 0.717) is 19.4 Å². The predicted octanol–water partition coefficient (Wildman–Crippen LogP) is -1.24. The molecule has 55 valence electrons. The topological polar surface area (TPSA) is 89.3 Å². The first kappa shape index (κ1) is 13.6. The van der Waals surface area contributed by atoms with Gasteiger partial charge in [-0.2, -0.15) is 0 Å². The van der Waals surface area contributed by atoms with Gasteiger partial charge in [0, 0.05) is 51.4 Å². The summed E-state index contributed by atoms with van der Waals surface area (Å²) in [5.41, 5.74) is 10.3. The van der Waals surface area contributed by atoms with Crippen LogP contribution < -0.4 is 11.5 Å². The number of nitrogens with two attached hydrogens (primary N) is 2. The van der Waals surface area contributed by atoms with Gasteiger partial charge in [-0.15, -0.1) is 0 Å². The van der Waals surface area contributed by atoms with Crippen molar-refractivity contribution in [3.8, 4) is 0 Å². The average Bonchev–Trinajstić information content (AvgIpc) is 1.82. The molecule has 0 unspecified atom stereocenters. The zero-order valence-electron chi connectivity index (χ0n) is 6.21. The number of carbonyl (C=O) groups is 1. The van der Waals surface area contributed by atoms with Gasteiger partial charge >= 0.3 is 5.97 Å². The number of rotatable bonds is 4. The quantitative estimate of drug-likeness (QED) is 0.461. The Kier molecular flexibility index (Phi) is 11.1. The summed E-state index contributed by atoms with van der Waals surface area (Å²) in [5.74, 6) is -0.955. The molecule has 1 radical (unpaired) electrons. The van der Waals surface area contributed by atoms with Crippen LogP contribution in [-0.4, -0.2) is 75.0 Å². The van der Waals surface area contributed by atoms with Crippen LogP contribution in [-0.2, 0) is 4.79 Å². The van der Waals surface area contributed by atoms with Gasteiger partial charge < -0.3 is 16.6 Å². The molecule has 0 heterocycles. The Balaban J connectivity index is 0. The van der Waals surface area contributed by atoms with Crippen LogP contribution in [0, 0.1) is 0 Å². The van der Waals surface area contributed by atoms with E-state index in [4.69, 9.17) is 16.6 Å². The summed E-state index contributed by atoms with van der Waals surface area (Å²) in [4.78, 5) is 10.0. The monoisotopic (exact) mass is 171 g/mol. The first-order valence-corrected chi connectivity index (χ1v) is 2.87. The second-order valence-corrected chi connectivity index (χ2v) is 1.88. The van der Waals surface area contributed by atoms with E-state index < -0.39 is 12.0 Å². The zero-order valence-corrected chi connectivity index (χ0v) is 9.33. The molecule has 4 nitrogen and oxygen atoms in total. The minimum atomic E-state index is -0.955. The molecule has 0 aromatic heterocycles. The van der Waals surface area contributed by atoms with Crippen LogP contribution in [0.4, 0.5) is 0 Å². The molecule has 0 amide bonds. The Hall–Kier alpha value is 1.03. The van der Waals surface area contributed by atoms with E-state index in [2.05, 4.69) is 0 Å². The van der Waals surface area contributed by atoms with Crippen molar-refractivity contribution in [2.75, 3.05) is 6.54 Å². The molecule has 5 N–H and O–H groups in total. The van der Waals surface area contributed by atoms with Gasteiger partial charge in [0.1, 0.15) is 6.04 Å². The van der Waals surface area contributed by atoms with Crippen molar-refractivity contribution in [3.05, 3.63) is 0 Å². The van der Waals surface area contributed by atoms with Crippen LogP contribution in [0.1, 0.15) is 12.8 Å². The SMILES string of the molecule is NCCC[C@H](N)C(=O)O.[K]. The van der Waals surface area contributed by atoms with Crippen molar-refractivity contribution in [1.82, 2.24) is 0 Å². The standard InChI is InChI=1S/C5H12N2O2.K/c6-3-1-2-4(7)5(8)9;/h4H,1-3,6-7H2,(H,8,9);/t4-;/m0./s1. The molecule has 0 aliphatic heterocycles. The molecule has 0 rings (SSSR count). The van der Waals surface area contributed by atoms with Gasteiger partial charge in [-0.25, -0.2) is 0 Å².